The normalized spacial score (nSPS) is 13.9. The van der Waals surface area contributed by atoms with Gasteiger partial charge in [0.05, 0.1) is 16.9 Å². The molecular weight excluding hydrogens is 580 g/mol. The molecule has 224 valence electrons. The van der Waals surface area contributed by atoms with E-state index in [4.69, 9.17) is 19.1 Å². The van der Waals surface area contributed by atoms with Crippen LogP contribution in [-0.4, -0.2) is 14.4 Å². The molecule has 0 bridgehead atoms. The smallest absolute Gasteiger partial charge is 0.145 e. The summed E-state index contributed by atoms with van der Waals surface area (Å²) in [5, 5.41) is 5.61. The van der Waals surface area contributed by atoms with E-state index in [1.165, 1.54) is 16.5 Å². The van der Waals surface area contributed by atoms with Crippen LogP contribution in [0, 0.1) is 0 Å². The van der Waals surface area contributed by atoms with Gasteiger partial charge in [-0.05, 0) is 71.1 Å². The number of hydrogen-bond donors (Lipinski definition) is 0. The molecule has 6 nitrogen and oxygen atoms in total. The lowest BCUT2D eigenvalue weighted by Crippen LogP contribution is -2.31. The zero-order valence-electron chi connectivity index (χ0n) is 25.8. The van der Waals surface area contributed by atoms with Gasteiger partial charge in [-0.2, -0.15) is 0 Å². The molecule has 0 radical (unpaired) electrons. The fourth-order valence-electron chi connectivity index (χ4n) is 7.49. The highest BCUT2D eigenvalue weighted by Gasteiger charge is 2.38. The van der Waals surface area contributed by atoms with Crippen LogP contribution in [0.5, 0.6) is 11.5 Å². The number of hydrogen-bond acceptors (Lipinski definition) is 5. The van der Waals surface area contributed by atoms with Crippen molar-refractivity contribution in [1.29, 1.82) is 0 Å². The lowest BCUT2D eigenvalue weighted by atomic mass is 9.73. The SMILES string of the molecule is CC1(C)c2ccc(Oc3ccc4c5ccccc5n5ccnc5c4c3)cc2N(c2ccccn2)c2cc3oc4ccccc4c3cc21. The highest BCUT2D eigenvalue weighted by Crippen LogP contribution is 2.54. The fraction of sp³-hybridized carbons (Fsp3) is 0.0732. The molecule has 9 aromatic rings. The minimum atomic E-state index is -0.294. The van der Waals surface area contributed by atoms with Gasteiger partial charge >= 0.3 is 0 Å². The molecule has 10 rings (SSSR count). The van der Waals surface area contributed by atoms with Crippen LogP contribution in [0.3, 0.4) is 0 Å². The maximum Gasteiger partial charge on any atom is 0.145 e. The molecule has 0 unspecified atom stereocenters. The van der Waals surface area contributed by atoms with Crippen molar-refractivity contribution in [3.8, 4) is 11.5 Å². The summed E-state index contributed by atoms with van der Waals surface area (Å²) < 4.78 is 15.1. The molecule has 0 N–H and O–H groups in total. The molecule has 0 aliphatic carbocycles. The van der Waals surface area contributed by atoms with Crippen molar-refractivity contribution in [2.24, 2.45) is 0 Å². The first-order valence-corrected chi connectivity index (χ1v) is 15.8. The lowest BCUT2D eigenvalue weighted by Gasteiger charge is -2.41. The van der Waals surface area contributed by atoms with Crippen molar-refractivity contribution in [3.05, 3.63) is 145 Å². The van der Waals surface area contributed by atoms with Crippen LogP contribution in [0.15, 0.2) is 138 Å². The van der Waals surface area contributed by atoms with E-state index >= 15 is 0 Å². The fourth-order valence-corrected chi connectivity index (χ4v) is 7.49. The number of aromatic nitrogens is 3. The zero-order valence-corrected chi connectivity index (χ0v) is 25.8. The van der Waals surface area contributed by atoms with Crippen molar-refractivity contribution in [1.82, 2.24) is 14.4 Å². The van der Waals surface area contributed by atoms with E-state index in [2.05, 4.69) is 102 Å². The minimum Gasteiger partial charge on any atom is -0.457 e. The highest BCUT2D eigenvalue weighted by molar-refractivity contribution is 6.12. The summed E-state index contributed by atoms with van der Waals surface area (Å²) >= 11 is 0. The van der Waals surface area contributed by atoms with Crippen molar-refractivity contribution < 1.29 is 9.15 Å². The third-order valence-corrected chi connectivity index (χ3v) is 9.73. The van der Waals surface area contributed by atoms with Crippen LogP contribution >= 0.6 is 0 Å². The van der Waals surface area contributed by atoms with Crippen molar-refractivity contribution >= 4 is 66.5 Å². The number of pyridine rings is 2. The van der Waals surface area contributed by atoms with Crippen LogP contribution < -0.4 is 9.64 Å². The summed E-state index contributed by atoms with van der Waals surface area (Å²) in [7, 11) is 0. The first kappa shape index (κ1) is 26.1. The Morgan fingerprint density at radius 3 is 2.28 bits per heavy atom. The van der Waals surface area contributed by atoms with Gasteiger partial charge in [-0.1, -0.05) is 62.4 Å². The Morgan fingerprint density at radius 2 is 1.38 bits per heavy atom. The number of imidazole rings is 1. The van der Waals surface area contributed by atoms with E-state index in [0.717, 1.165) is 72.6 Å². The van der Waals surface area contributed by atoms with Gasteiger partial charge in [0.2, 0.25) is 0 Å². The third-order valence-electron chi connectivity index (χ3n) is 9.73. The highest BCUT2D eigenvalue weighted by atomic mass is 16.5. The first-order chi connectivity index (χ1) is 23.0. The van der Waals surface area contributed by atoms with E-state index in [9.17, 15) is 0 Å². The van der Waals surface area contributed by atoms with Crippen molar-refractivity contribution in [2.45, 2.75) is 19.3 Å². The standard InChI is InChI=1S/C41H28N4O2/c1-41(2)32-17-15-26(46-25-14-16-27-28-9-3-5-11-34(28)44-20-19-43-40(44)31(27)21-25)22-35(32)45(39-13-7-8-18-42-39)36-24-38-30(23-33(36)41)29-10-4-6-12-37(29)47-38/h3-24H,1-2H3. The number of anilines is 3. The molecule has 6 heteroatoms. The third kappa shape index (κ3) is 3.72. The summed E-state index contributed by atoms with van der Waals surface area (Å²) in [6.07, 6.45) is 5.70. The number of furan rings is 1. The summed E-state index contributed by atoms with van der Waals surface area (Å²) in [6, 6.07) is 39.8. The van der Waals surface area contributed by atoms with Crippen LogP contribution in [0.4, 0.5) is 17.2 Å². The molecular formula is C41H28N4O2. The first-order valence-electron chi connectivity index (χ1n) is 15.8. The maximum atomic E-state index is 6.64. The quantitative estimate of drug-likeness (QED) is 0.187. The largest absolute Gasteiger partial charge is 0.457 e. The molecule has 0 amide bonds. The number of nitrogens with zero attached hydrogens (tertiary/aromatic N) is 4. The number of fused-ring (bicyclic) bond motifs is 11. The summed E-state index contributed by atoms with van der Waals surface area (Å²) in [5.41, 5.74) is 7.97. The molecule has 5 aromatic carbocycles. The molecule has 0 saturated heterocycles. The Hall–Kier alpha value is -6.14. The maximum absolute atomic E-state index is 6.64. The van der Waals surface area contributed by atoms with Gasteiger partial charge in [-0.3, -0.25) is 9.30 Å². The van der Waals surface area contributed by atoms with Gasteiger partial charge in [0.1, 0.15) is 34.1 Å². The lowest BCUT2D eigenvalue weighted by molar-refractivity contribution is 0.482. The zero-order chi connectivity index (χ0) is 31.3. The molecule has 4 aromatic heterocycles. The predicted molar refractivity (Wildman–Crippen MR) is 189 cm³/mol. The monoisotopic (exact) mass is 608 g/mol. The molecule has 0 fully saturated rings. The van der Waals surface area contributed by atoms with Gasteiger partial charge in [0, 0.05) is 57.7 Å². The average Bonchev–Trinajstić information content (AvgIpc) is 3.74. The Balaban J connectivity index is 1.14. The Kier molecular flexibility index (Phi) is 5.24. The molecule has 0 spiro atoms. The van der Waals surface area contributed by atoms with Gasteiger partial charge < -0.3 is 9.15 Å². The number of benzene rings is 5. The van der Waals surface area contributed by atoms with Crippen LogP contribution in [0.1, 0.15) is 25.0 Å². The van der Waals surface area contributed by atoms with Gasteiger partial charge in [-0.25, -0.2) is 9.97 Å². The van der Waals surface area contributed by atoms with Crippen LogP contribution in [0.25, 0.3) is 49.3 Å². The molecule has 47 heavy (non-hydrogen) atoms. The molecule has 0 atom stereocenters. The Labute approximate surface area is 270 Å². The molecule has 1 aliphatic heterocycles. The van der Waals surface area contributed by atoms with E-state index in [1.807, 2.05) is 55.0 Å². The number of rotatable bonds is 3. The second-order valence-electron chi connectivity index (χ2n) is 12.7. The van der Waals surface area contributed by atoms with Crippen LogP contribution in [0.2, 0.25) is 0 Å². The molecule has 5 heterocycles. The Bertz CT molecular complexity index is 2710. The van der Waals surface area contributed by atoms with Crippen molar-refractivity contribution in [2.75, 3.05) is 4.90 Å². The second kappa shape index (κ2) is 9.44. The summed E-state index contributed by atoms with van der Waals surface area (Å²) in [4.78, 5) is 11.7. The molecule has 0 saturated carbocycles. The topological polar surface area (TPSA) is 55.8 Å². The average molecular weight is 609 g/mol. The number of ether oxygens (including phenoxy) is 1. The van der Waals surface area contributed by atoms with Gasteiger partial charge in [0.15, 0.2) is 0 Å². The van der Waals surface area contributed by atoms with E-state index in [1.54, 1.807) is 0 Å². The molecule has 1 aliphatic rings. The van der Waals surface area contributed by atoms with E-state index < -0.39 is 0 Å². The predicted octanol–water partition coefficient (Wildman–Crippen LogP) is 10.8. The van der Waals surface area contributed by atoms with E-state index in [-0.39, 0.29) is 5.41 Å². The Morgan fingerprint density at radius 1 is 0.596 bits per heavy atom. The van der Waals surface area contributed by atoms with Gasteiger partial charge in [0.25, 0.3) is 0 Å². The minimum absolute atomic E-state index is 0.294. The van der Waals surface area contributed by atoms with Gasteiger partial charge in [-0.15, -0.1) is 0 Å². The van der Waals surface area contributed by atoms with E-state index in [0.29, 0.717) is 0 Å². The number of para-hydroxylation sites is 2. The van der Waals surface area contributed by atoms with Crippen molar-refractivity contribution in [3.63, 3.8) is 0 Å². The summed E-state index contributed by atoms with van der Waals surface area (Å²) in [6.45, 7) is 4.58. The second-order valence-corrected chi connectivity index (χ2v) is 12.7. The summed E-state index contributed by atoms with van der Waals surface area (Å²) in [5.74, 6) is 2.33. The van der Waals surface area contributed by atoms with Crippen LogP contribution in [-0.2, 0) is 5.41 Å².